The molecule has 1 unspecified atom stereocenters. The number of aryl methyl sites for hydroxylation is 1. The quantitative estimate of drug-likeness (QED) is 0.189. The van der Waals surface area contributed by atoms with Gasteiger partial charge in [-0.1, -0.05) is 71.8 Å². The maximum atomic E-state index is 14.6. The van der Waals surface area contributed by atoms with Crippen LogP contribution in [0.3, 0.4) is 0 Å². The number of ether oxygens (including phenoxy) is 1. The van der Waals surface area contributed by atoms with E-state index in [0.29, 0.717) is 16.5 Å². The lowest BCUT2D eigenvalue weighted by molar-refractivity contribution is -0.140. The second kappa shape index (κ2) is 14.8. The SMILES string of the molecule is COc1cccc(CN(C(=O)CN(c2ccc(C)cc2)S(=O)(=O)c2ccc(Cl)cc2)C(Cc2ccccc2)C(=O)NC(C)(C)C)c1. The molecule has 2 amide bonds. The number of carbonyl (C=O) groups excluding carboxylic acids is 2. The Morgan fingerprint density at radius 3 is 2.11 bits per heavy atom. The van der Waals surface area contributed by atoms with Crippen molar-refractivity contribution in [3.8, 4) is 5.75 Å². The fourth-order valence-corrected chi connectivity index (χ4v) is 6.49. The highest BCUT2D eigenvalue weighted by molar-refractivity contribution is 7.92. The summed E-state index contributed by atoms with van der Waals surface area (Å²) in [7, 11) is -2.67. The van der Waals surface area contributed by atoms with E-state index in [-0.39, 0.29) is 23.8 Å². The first kappa shape index (κ1) is 34.5. The van der Waals surface area contributed by atoms with E-state index in [2.05, 4.69) is 5.32 Å². The third kappa shape index (κ3) is 9.11. The second-order valence-electron chi connectivity index (χ2n) is 12.1. The van der Waals surface area contributed by atoms with E-state index in [1.807, 2.05) is 70.2 Å². The Labute approximate surface area is 277 Å². The lowest BCUT2D eigenvalue weighted by Gasteiger charge is -2.35. The van der Waals surface area contributed by atoms with Crippen LogP contribution in [0.15, 0.2) is 108 Å². The van der Waals surface area contributed by atoms with Crippen LogP contribution in [-0.2, 0) is 32.6 Å². The number of rotatable bonds is 12. The minimum Gasteiger partial charge on any atom is -0.497 e. The van der Waals surface area contributed by atoms with Gasteiger partial charge in [-0.2, -0.15) is 0 Å². The molecule has 0 aliphatic heterocycles. The number of benzene rings is 4. The molecule has 1 atom stereocenters. The highest BCUT2D eigenvalue weighted by atomic mass is 35.5. The number of hydrogen-bond donors (Lipinski definition) is 1. The van der Waals surface area contributed by atoms with Gasteiger partial charge in [0.15, 0.2) is 0 Å². The van der Waals surface area contributed by atoms with Crippen molar-refractivity contribution < 1.29 is 22.7 Å². The first-order valence-electron chi connectivity index (χ1n) is 14.9. The lowest BCUT2D eigenvalue weighted by Crippen LogP contribution is -2.56. The Morgan fingerprint density at radius 1 is 0.870 bits per heavy atom. The van der Waals surface area contributed by atoms with Crippen molar-refractivity contribution in [1.82, 2.24) is 10.2 Å². The average molecular weight is 662 g/mol. The molecular weight excluding hydrogens is 622 g/mol. The summed E-state index contributed by atoms with van der Waals surface area (Å²) in [5.74, 6) is -0.309. The summed E-state index contributed by atoms with van der Waals surface area (Å²) >= 11 is 6.06. The second-order valence-corrected chi connectivity index (χ2v) is 14.4. The fourth-order valence-electron chi connectivity index (χ4n) is 4.95. The van der Waals surface area contributed by atoms with Crippen LogP contribution < -0.4 is 14.4 Å². The largest absolute Gasteiger partial charge is 0.497 e. The van der Waals surface area contributed by atoms with Crippen LogP contribution in [0.2, 0.25) is 5.02 Å². The van der Waals surface area contributed by atoms with Crippen molar-refractivity contribution in [2.45, 2.75) is 57.1 Å². The minimum absolute atomic E-state index is 0.0177. The van der Waals surface area contributed by atoms with E-state index in [1.165, 1.54) is 29.2 Å². The van der Waals surface area contributed by atoms with E-state index in [1.54, 1.807) is 43.5 Å². The molecule has 0 bridgehead atoms. The predicted octanol–water partition coefficient (Wildman–Crippen LogP) is 6.41. The number of amides is 2. The number of anilines is 1. The van der Waals surface area contributed by atoms with Gasteiger partial charge >= 0.3 is 0 Å². The number of sulfonamides is 1. The van der Waals surface area contributed by atoms with Crippen LogP contribution in [0.1, 0.15) is 37.5 Å². The van der Waals surface area contributed by atoms with Crippen LogP contribution in [0.4, 0.5) is 5.69 Å². The van der Waals surface area contributed by atoms with Gasteiger partial charge in [-0.15, -0.1) is 0 Å². The predicted molar refractivity (Wildman–Crippen MR) is 183 cm³/mol. The van der Waals surface area contributed by atoms with Crippen LogP contribution in [0, 0.1) is 6.92 Å². The van der Waals surface area contributed by atoms with E-state index >= 15 is 0 Å². The molecule has 0 saturated heterocycles. The van der Waals surface area contributed by atoms with Gasteiger partial charge in [0, 0.05) is 23.5 Å². The Kier molecular flexibility index (Phi) is 11.1. The highest BCUT2D eigenvalue weighted by Gasteiger charge is 2.35. The van der Waals surface area contributed by atoms with Crippen LogP contribution >= 0.6 is 11.6 Å². The van der Waals surface area contributed by atoms with Gasteiger partial charge in [-0.05, 0) is 87.4 Å². The first-order chi connectivity index (χ1) is 21.8. The molecule has 4 aromatic carbocycles. The van der Waals surface area contributed by atoms with Crippen molar-refractivity contribution in [2.75, 3.05) is 18.0 Å². The number of nitrogens with zero attached hydrogens (tertiary/aromatic N) is 2. The zero-order valence-corrected chi connectivity index (χ0v) is 28.3. The zero-order valence-electron chi connectivity index (χ0n) is 26.7. The number of nitrogens with one attached hydrogen (secondary N) is 1. The Morgan fingerprint density at radius 2 is 1.50 bits per heavy atom. The molecule has 0 aromatic heterocycles. The van der Waals surface area contributed by atoms with Gasteiger partial charge in [0.1, 0.15) is 18.3 Å². The van der Waals surface area contributed by atoms with Crippen molar-refractivity contribution in [3.63, 3.8) is 0 Å². The maximum absolute atomic E-state index is 14.6. The molecule has 1 N–H and O–H groups in total. The van der Waals surface area contributed by atoms with E-state index < -0.39 is 34.1 Å². The van der Waals surface area contributed by atoms with Crippen LogP contribution in [0.5, 0.6) is 5.75 Å². The summed E-state index contributed by atoms with van der Waals surface area (Å²) in [4.78, 5) is 30.0. The summed E-state index contributed by atoms with van der Waals surface area (Å²) in [5, 5.41) is 3.42. The summed E-state index contributed by atoms with van der Waals surface area (Å²) in [6, 6.07) is 28.4. The number of methoxy groups -OCH3 is 1. The molecule has 8 nitrogen and oxygen atoms in total. The number of carbonyl (C=O) groups is 2. The summed E-state index contributed by atoms with van der Waals surface area (Å²) < 4.78 is 34.8. The number of hydrogen-bond acceptors (Lipinski definition) is 5. The van der Waals surface area contributed by atoms with Crippen molar-refractivity contribution in [2.24, 2.45) is 0 Å². The molecule has 4 aromatic rings. The molecule has 242 valence electrons. The molecule has 0 aliphatic carbocycles. The molecule has 0 spiro atoms. The number of halogens is 1. The summed E-state index contributed by atoms with van der Waals surface area (Å²) in [6.07, 6.45) is 0.215. The van der Waals surface area contributed by atoms with Crippen molar-refractivity contribution in [3.05, 3.63) is 125 Å². The molecule has 46 heavy (non-hydrogen) atoms. The minimum atomic E-state index is -4.22. The molecule has 0 radical (unpaired) electrons. The standard InChI is InChI=1S/C36H40ClN3O5S/c1-26-14-18-30(19-15-26)40(46(43,44)32-20-16-29(37)17-21-32)25-34(41)39(24-28-12-9-13-31(22-28)45-5)33(35(42)38-36(2,3)4)23-27-10-7-6-8-11-27/h6-22,33H,23-25H2,1-5H3,(H,38,42). The molecule has 0 aliphatic rings. The van der Waals surface area contributed by atoms with Gasteiger partial charge in [-0.3, -0.25) is 13.9 Å². The topological polar surface area (TPSA) is 96.0 Å². The third-order valence-corrected chi connectivity index (χ3v) is 9.30. The molecule has 10 heteroatoms. The monoisotopic (exact) mass is 661 g/mol. The maximum Gasteiger partial charge on any atom is 0.264 e. The van der Waals surface area contributed by atoms with Gasteiger partial charge in [0.05, 0.1) is 17.7 Å². The molecular formula is C36H40ClN3O5S. The first-order valence-corrected chi connectivity index (χ1v) is 16.7. The van der Waals surface area contributed by atoms with Crippen LogP contribution in [0.25, 0.3) is 0 Å². The third-order valence-electron chi connectivity index (χ3n) is 7.26. The van der Waals surface area contributed by atoms with Gasteiger partial charge in [0.2, 0.25) is 11.8 Å². The summed E-state index contributed by atoms with van der Waals surface area (Å²) in [6.45, 7) is 6.99. The zero-order chi connectivity index (χ0) is 33.5. The normalized spacial score (nSPS) is 12.2. The highest BCUT2D eigenvalue weighted by Crippen LogP contribution is 2.27. The molecule has 0 fully saturated rings. The van der Waals surface area contributed by atoms with Gasteiger partial charge in [-0.25, -0.2) is 8.42 Å². The fraction of sp³-hybridized carbons (Fsp3) is 0.278. The smallest absolute Gasteiger partial charge is 0.264 e. The van der Waals surface area contributed by atoms with Gasteiger partial charge < -0.3 is 15.0 Å². The van der Waals surface area contributed by atoms with Gasteiger partial charge in [0.25, 0.3) is 10.0 Å². The van der Waals surface area contributed by atoms with E-state index in [0.717, 1.165) is 21.0 Å². The Bertz CT molecular complexity index is 1740. The van der Waals surface area contributed by atoms with Crippen molar-refractivity contribution in [1.29, 1.82) is 0 Å². The molecule has 0 saturated carbocycles. The molecule has 0 heterocycles. The Hall–Kier alpha value is -4.34. The lowest BCUT2D eigenvalue weighted by atomic mass is 10.0. The van der Waals surface area contributed by atoms with E-state index in [9.17, 15) is 18.0 Å². The average Bonchev–Trinajstić information content (AvgIpc) is 3.02. The van der Waals surface area contributed by atoms with Crippen molar-refractivity contribution >= 4 is 39.1 Å². The molecule has 4 rings (SSSR count). The summed E-state index contributed by atoms with van der Waals surface area (Å²) in [5.41, 5.74) is 2.23. The Balaban J connectivity index is 1.82. The van der Waals surface area contributed by atoms with E-state index in [4.69, 9.17) is 16.3 Å². The van der Waals surface area contributed by atoms with Crippen LogP contribution in [-0.4, -0.2) is 50.4 Å².